The zero-order chi connectivity index (χ0) is 11.8. The van der Waals surface area contributed by atoms with E-state index in [1.165, 1.54) is 0 Å². The summed E-state index contributed by atoms with van der Waals surface area (Å²) in [6, 6.07) is 0. The second-order valence-electron chi connectivity index (χ2n) is 2.28. The molecule has 0 heterocycles. The fraction of sp³-hybridized carbons (Fsp3) is 0.571. The Balaban J connectivity index is -0.000000208. The van der Waals surface area contributed by atoms with Gasteiger partial charge in [0.05, 0.1) is 0 Å². The van der Waals surface area contributed by atoms with Gasteiger partial charge in [0.15, 0.2) is 0 Å². The topological polar surface area (TPSA) is 115 Å². The van der Waals surface area contributed by atoms with Gasteiger partial charge in [-0.1, -0.05) is 19.9 Å². The molecule has 0 aromatic heterocycles. The number of aliphatic carboxylic acids is 1. The monoisotopic (exact) mass is 264 g/mol. The molecule has 6 nitrogen and oxygen atoms in total. The van der Waals surface area contributed by atoms with Crippen LogP contribution in [0.4, 0.5) is 0 Å². The van der Waals surface area contributed by atoms with Crippen molar-refractivity contribution in [3.63, 3.8) is 0 Å². The molecule has 1 unspecified atom stereocenters. The average molecular weight is 264 g/mol. The van der Waals surface area contributed by atoms with E-state index in [2.05, 4.69) is 6.58 Å². The zero-order valence-electron chi connectivity index (χ0n) is 8.71. The van der Waals surface area contributed by atoms with Crippen LogP contribution < -0.4 is 51.4 Å². The number of carboxylic acid groups (broad SMARTS) is 1. The summed E-state index contributed by atoms with van der Waals surface area (Å²) in [5, 5.41) is 16.1. The third-order valence-electron chi connectivity index (χ3n) is 1.04. The van der Waals surface area contributed by atoms with E-state index in [0.29, 0.717) is 6.42 Å². The molecular weight excluding hydrogens is 251 g/mol. The number of hydrogen-bond donors (Lipinski definition) is 2. The summed E-state index contributed by atoms with van der Waals surface area (Å²) in [7, 11) is -4.46. The Morgan fingerprint density at radius 1 is 1.60 bits per heavy atom. The van der Waals surface area contributed by atoms with Crippen LogP contribution in [-0.2, 0) is 14.9 Å². The molecule has 0 saturated heterocycles. The quantitative estimate of drug-likeness (QED) is 0.316. The number of aliphatic hydroxyl groups excluding tert-OH is 1. The van der Waals surface area contributed by atoms with Gasteiger partial charge in [0.25, 0.3) is 0 Å². The number of rotatable bonds is 4. The van der Waals surface area contributed by atoms with E-state index in [-0.39, 0.29) is 57.8 Å². The maximum atomic E-state index is 9.92. The summed E-state index contributed by atoms with van der Waals surface area (Å²) in [5.41, 5.74) is -1.72. The molecule has 0 saturated carbocycles. The molecule has 8 heteroatoms. The number of carboxylic acids is 1. The second kappa shape index (κ2) is 11.2. The Labute approximate surface area is 132 Å². The Bertz CT molecular complexity index is 273. The first-order valence-electron chi connectivity index (χ1n) is 3.73. The van der Waals surface area contributed by atoms with Crippen LogP contribution in [0.1, 0.15) is 19.8 Å². The third-order valence-corrected chi connectivity index (χ3v) is 1.95. The zero-order valence-corrected chi connectivity index (χ0v) is 12.7. The van der Waals surface area contributed by atoms with Gasteiger partial charge < -0.3 is 14.8 Å². The normalized spacial score (nSPS) is 11.4. The standard InChI is InChI=1S/C4H10O4S.C3H4O2.K/c1-2-3-4(5)9(6,7)8;1-2-3(4)5;/h4-5H,2-3H2,1H3,(H,6,7,8);2H,1H2,(H,4,5);/q;;+1/p-1. The average Bonchev–Trinajstić information content (AvgIpc) is 2.04. The van der Waals surface area contributed by atoms with E-state index in [0.717, 1.165) is 6.08 Å². The van der Waals surface area contributed by atoms with Crippen LogP contribution >= 0.6 is 0 Å². The summed E-state index contributed by atoms with van der Waals surface area (Å²) in [6.07, 6.45) is 1.34. The molecule has 0 rings (SSSR count). The van der Waals surface area contributed by atoms with Crippen LogP contribution in [0.5, 0.6) is 0 Å². The van der Waals surface area contributed by atoms with Gasteiger partial charge in [-0.15, -0.1) is 0 Å². The number of carbonyl (C=O) groups is 1. The molecule has 0 aliphatic carbocycles. The van der Waals surface area contributed by atoms with Crippen molar-refractivity contribution >= 4 is 16.1 Å². The van der Waals surface area contributed by atoms with Crippen molar-refractivity contribution in [3.8, 4) is 0 Å². The fourth-order valence-corrected chi connectivity index (χ4v) is 0.916. The maximum Gasteiger partial charge on any atom is 1.00 e. The second-order valence-corrected chi connectivity index (χ2v) is 3.81. The minimum atomic E-state index is -4.46. The molecule has 0 amide bonds. The molecule has 1 atom stereocenters. The molecule has 2 N–H and O–H groups in total. The van der Waals surface area contributed by atoms with Crippen molar-refractivity contribution < 1.29 is 79.4 Å². The molecule has 0 aromatic carbocycles. The van der Waals surface area contributed by atoms with E-state index in [1.54, 1.807) is 6.92 Å². The van der Waals surface area contributed by atoms with Gasteiger partial charge in [-0.25, -0.2) is 13.2 Å². The molecule has 0 spiro atoms. The summed E-state index contributed by atoms with van der Waals surface area (Å²) in [5.74, 6) is -0.981. The van der Waals surface area contributed by atoms with Gasteiger partial charge in [-0.3, -0.25) is 0 Å². The summed E-state index contributed by atoms with van der Waals surface area (Å²) >= 11 is 0. The maximum absolute atomic E-state index is 9.92. The minimum Gasteiger partial charge on any atom is -0.746 e. The van der Waals surface area contributed by atoms with Gasteiger partial charge in [-0.2, -0.15) is 0 Å². The SMILES string of the molecule is C=CC(=O)O.CCCC(O)S(=O)(=O)[O-].[K+]. The molecule has 0 fully saturated rings. The van der Waals surface area contributed by atoms with E-state index < -0.39 is 21.5 Å². The molecule has 0 aliphatic rings. The van der Waals surface area contributed by atoms with E-state index >= 15 is 0 Å². The van der Waals surface area contributed by atoms with Crippen molar-refractivity contribution in [2.45, 2.75) is 25.2 Å². The Hall–Kier alpha value is 0.716. The minimum absolute atomic E-state index is 0. The first kappa shape index (κ1) is 21.0. The van der Waals surface area contributed by atoms with Crippen LogP contribution in [0.2, 0.25) is 0 Å². The fourth-order valence-electron chi connectivity index (χ4n) is 0.391. The predicted molar refractivity (Wildman–Crippen MR) is 48.4 cm³/mol. The van der Waals surface area contributed by atoms with Gasteiger partial charge in [0.2, 0.25) is 0 Å². The first-order valence-corrected chi connectivity index (χ1v) is 5.21. The van der Waals surface area contributed by atoms with Gasteiger partial charge in [-0.05, 0) is 6.42 Å². The smallest absolute Gasteiger partial charge is 0.746 e. The molecule has 0 aliphatic heterocycles. The predicted octanol–water partition coefficient (Wildman–Crippen LogP) is -3.09. The van der Waals surface area contributed by atoms with Crippen LogP contribution in [0.15, 0.2) is 12.7 Å². The van der Waals surface area contributed by atoms with Gasteiger partial charge >= 0.3 is 57.4 Å². The molecule has 0 aromatic rings. The van der Waals surface area contributed by atoms with E-state index in [9.17, 15) is 17.8 Å². The Kier molecular flexibility index (Phi) is 15.7. The molecule has 0 bridgehead atoms. The van der Waals surface area contributed by atoms with Gasteiger partial charge in [0.1, 0.15) is 15.6 Å². The summed E-state index contributed by atoms with van der Waals surface area (Å²) < 4.78 is 29.7. The van der Waals surface area contributed by atoms with Crippen molar-refractivity contribution in [1.82, 2.24) is 0 Å². The summed E-state index contributed by atoms with van der Waals surface area (Å²) in [6.45, 7) is 4.65. The molecule has 15 heavy (non-hydrogen) atoms. The number of aliphatic hydroxyl groups is 1. The molecular formula is C7H13KO6S. The first-order chi connectivity index (χ1) is 6.25. The Morgan fingerprint density at radius 2 is 1.93 bits per heavy atom. The van der Waals surface area contributed by atoms with E-state index in [1.807, 2.05) is 0 Å². The molecule has 84 valence electrons. The van der Waals surface area contributed by atoms with Crippen LogP contribution in [0, 0.1) is 0 Å². The van der Waals surface area contributed by atoms with Crippen molar-refractivity contribution in [3.05, 3.63) is 12.7 Å². The van der Waals surface area contributed by atoms with Crippen LogP contribution in [0.3, 0.4) is 0 Å². The van der Waals surface area contributed by atoms with E-state index in [4.69, 9.17) is 10.2 Å². The van der Waals surface area contributed by atoms with Crippen LogP contribution in [0.25, 0.3) is 0 Å². The van der Waals surface area contributed by atoms with Gasteiger partial charge in [0, 0.05) is 6.08 Å². The van der Waals surface area contributed by atoms with Crippen molar-refractivity contribution in [2.24, 2.45) is 0 Å². The molecule has 0 radical (unpaired) electrons. The number of hydrogen-bond acceptors (Lipinski definition) is 5. The van der Waals surface area contributed by atoms with Crippen molar-refractivity contribution in [2.75, 3.05) is 0 Å². The third kappa shape index (κ3) is 17.3. The van der Waals surface area contributed by atoms with Crippen molar-refractivity contribution in [1.29, 1.82) is 0 Å². The summed E-state index contributed by atoms with van der Waals surface area (Å²) in [4.78, 5) is 9.25. The van der Waals surface area contributed by atoms with Crippen LogP contribution in [-0.4, -0.2) is 34.6 Å². The Morgan fingerprint density at radius 3 is 2.00 bits per heavy atom. The largest absolute Gasteiger partial charge is 1.00 e.